The molecule has 98 valence electrons. The zero-order valence-corrected chi connectivity index (χ0v) is 11.1. The first-order chi connectivity index (χ1) is 9.74. The molecular weight excluding hydrogens is 274 g/mol. The van der Waals surface area contributed by atoms with Crippen LogP contribution in [0, 0.1) is 0 Å². The number of hydrogen-bond acceptors (Lipinski definition) is 3. The number of aromatic nitrogens is 2. The van der Waals surface area contributed by atoms with Gasteiger partial charge < -0.3 is 5.32 Å². The molecule has 0 saturated heterocycles. The van der Waals surface area contributed by atoms with Gasteiger partial charge >= 0.3 is 0 Å². The van der Waals surface area contributed by atoms with Crippen LogP contribution >= 0.6 is 11.6 Å². The van der Waals surface area contributed by atoms with E-state index in [2.05, 4.69) is 15.3 Å². The van der Waals surface area contributed by atoms with Crippen LogP contribution in [0.5, 0.6) is 0 Å². The van der Waals surface area contributed by atoms with Gasteiger partial charge in [-0.2, -0.15) is 0 Å². The van der Waals surface area contributed by atoms with Crippen molar-refractivity contribution in [1.82, 2.24) is 9.97 Å². The van der Waals surface area contributed by atoms with Crippen LogP contribution in [0.2, 0.25) is 5.02 Å². The van der Waals surface area contributed by atoms with Gasteiger partial charge in [0.15, 0.2) is 11.5 Å². The van der Waals surface area contributed by atoms with Gasteiger partial charge in [-0.25, -0.2) is 9.97 Å². The smallest absolute Gasteiger partial charge is 0.256 e. The minimum atomic E-state index is -0.254. The summed E-state index contributed by atoms with van der Waals surface area (Å²) in [6.45, 7) is 0. The molecule has 0 saturated carbocycles. The topological polar surface area (TPSA) is 54.9 Å². The molecular formula is C15H10ClN3O. The fourth-order valence-electron chi connectivity index (χ4n) is 1.84. The Morgan fingerprint density at radius 3 is 2.70 bits per heavy atom. The van der Waals surface area contributed by atoms with E-state index in [1.807, 2.05) is 18.2 Å². The molecule has 2 aromatic heterocycles. The van der Waals surface area contributed by atoms with E-state index < -0.39 is 0 Å². The highest BCUT2D eigenvalue weighted by Gasteiger charge is 2.10. The van der Waals surface area contributed by atoms with Gasteiger partial charge in [0, 0.05) is 17.1 Å². The predicted molar refractivity (Wildman–Crippen MR) is 78.9 cm³/mol. The van der Waals surface area contributed by atoms with Crippen molar-refractivity contribution in [3.63, 3.8) is 0 Å². The maximum absolute atomic E-state index is 12.1. The van der Waals surface area contributed by atoms with Crippen molar-refractivity contribution in [3.8, 4) is 0 Å². The van der Waals surface area contributed by atoms with E-state index in [9.17, 15) is 4.79 Å². The maximum Gasteiger partial charge on any atom is 0.256 e. The van der Waals surface area contributed by atoms with Crippen molar-refractivity contribution in [2.75, 3.05) is 5.32 Å². The monoisotopic (exact) mass is 283 g/mol. The summed E-state index contributed by atoms with van der Waals surface area (Å²) in [6.07, 6.45) is 1.64. The van der Waals surface area contributed by atoms with Crippen molar-refractivity contribution in [1.29, 1.82) is 0 Å². The number of nitrogens with one attached hydrogen (secondary N) is 1. The predicted octanol–water partition coefficient (Wildman–Crippen LogP) is 3.54. The minimum Gasteiger partial charge on any atom is -0.305 e. The largest absolute Gasteiger partial charge is 0.305 e. The van der Waals surface area contributed by atoms with Crippen LogP contribution < -0.4 is 5.32 Å². The molecule has 0 spiro atoms. The lowest BCUT2D eigenvalue weighted by Gasteiger charge is -2.07. The fourth-order valence-corrected chi connectivity index (χ4v) is 2.04. The van der Waals surface area contributed by atoms with Gasteiger partial charge in [0.1, 0.15) is 0 Å². The quantitative estimate of drug-likeness (QED) is 0.783. The van der Waals surface area contributed by atoms with Gasteiger partial charge in [0.05, 0.1) is 5.02 Å². The number of nitrogens with zero attached hydrogens (tertiary/aromatic N) is 2. The van der Waals surface area contributed by atoms with Crippen LogP contribution in [0.4, 0.5) is 5.82 Å². The number of halogens is 1. The molecule has 3 aromatic rings. The number of pyridine rings is 2. The van der Waals surface area contributed by atoms with E-state index in [1.165, 1.54) is 0 Å². The third-order valence-electron chi connectivity index (χ3n) is 2.81. The van der Waals surface area contributed by atoms with Crippen molar-refractivity contribution in [2.24, 2.45) is 0 Å². The number of carbonyl (C=O) groups is 1. The van der Waals surface area contributed by atoms with Gasteiger partial charge in [-0.1, -0.05) is 29.8 Å². The SMILES string of the molecule is O=C(Nc1nc2ncccc2cc1Cl)c1ccccc1. The van der Waals surface area contributed by atoms with Crippen LogP contribution in [0.1, 0.15) is 10.4 Å². The number of rotatable bonds is 2. The van der Waals surface area contributed by atoms with E-state index in [-0.39, 0.29) is 5.91 Å². The number of anilines is 1. The lowest BCUT2D eigenvalue weighted by atomic mass is 10.2. The third-order valence-corrected chi connectivity index (χ3v) is 3.10. The van der Waals surface area contributed by atoms with E-state index >= 15 is 0 Å². The molecule has 0 radical (unpaired) electrons. The Bertz CT molecular complexity index is 774. The lowest BCUT2D eigenvalue weighted by molar-refractivity contribution is 0.102. The van der Waals surface area contributed by atoms with Crippen molar-refractivity contribution in [3.05, 3.63) is 65.3 Å². The van der Waals surface area contributed by atoms with Crippen LogP contribution in [0.15, 0.2) is 54.7 Å². The number of benzene rings is 1. The Kier molecular flexibility index (Phi) is 3.31. The average Bonchev–Trinajstić information content (AvgIpc) is 2.49. The molecule has 20 heavy (non-hydrogen) atoms. The average molecular weight is 284 g/mol. The van der Waals surface area contributed by atoms with Crippen molar-refractivity contribution in [2.45, 2.75) is 0 Å². The highest BCUT2D eigenvalue weighted by Crippen LogP contribution is 2.24. The molecule has 0 aliphatic carbocycles. The van der Waals surface area contributed by atoms with Crippen molar-refractivity contribution < 1.29 is 4.79 Å². The first-order valence-electron chi connectivity index (χ1n) is 6.02. The van der Waals surface area contributed by atoms with Gasteiger partial charge in [-0.3, -0.25) is 4.79 Å². The molecule has 0 aliphatic heterocycles. The van der Waals surface area contributed by atoms with E-state index in [4.69, 9.17) is 11.6 Å². The third kappa shape index (κ3) is 2.46. The summed E-state index contributed by atoms with van der Waals surface area (Å²) in [6, 6.07) is 14.3. The Balaban J connectivity index is 1.95. The molecule has 0 unspecified atom stereocenters. The fraction of sp³-hybridized carbons (Fsp3) is 0. The second-order valence-electron chi connectivity index (χ2n) is 4.19. The molecule has 4 nitrogen and oxygen atoms in total. The normalized spacial score (nSPS) is 10.4. The van der Waals surface area contributed by atoms with Crippen molar-refractivity contribution >= 4 is 34.4 Å². The van der Waals surface area contributed by atoms with Gasteiger partial charge in [0.25, 0.3) is 5.91 Å². The summed E-state index contributed by atoms with van der Waals surface area (Å²) < 4.78 is 0. The number of fused-ring (bicyclic) bond motifs is 1. The summed E-state index contributed by atoms with van der Waals surface area (Å²) in [7, 11) is 0. The molecule has 1 amide bonds. The Morgan fingerprint density at radius 1 is 1.10 bits per heavy atom. The Morgan fingerprint density at radius 2 is 1.90 bits per heavy atom. The number of hydrogen-bond donors (Lipinski definition) is 1. The number of carbonyl (C=O) groups excluding carboxylic acids is 1. The summed E-state index contributed by atoms with van der Waals surface area (Å²) in [5, 5.41) is 3.91. The molecule has 0 fully saturated rings. The summed E-state index contributed by atoms with van der Waals surface area (Å²) in [4.78, 5) is 20.5. The molecule has 0 bridgehead atoms. The zero-order chi connectivity index (χ0) is 13.9. The lowest BCUT2D eigenvalue weighted by Crippen LogP contribution is -2.13. The molecule has 0 atom stereocenters. The van der Waals surface area contributed by atoms with Crippen LogP contribution in [-0.4, -0.2) is 15.9 Å². The molecule has 5 heteroatoms. The highest BCUT2D eigenvalue weighted by atomic mass is 35.5. The second kappa shape index (κ2) is 5.27. The zero-order valence-electron chi connectivity index (χ0n) is 10.4. The first kappa shape index (κ1) is 12.6. The summed E-state index contributed by atoms with van der Waals surface area (Å²) >= 11 is 6.13. The standard InChI is InChI=1S/C15H10ClN3O/c16-12-9-11-7-4-8-17-13(11)18-14(12)19-15(20)10-5-2-1-3-6-10/h1-9H,(H,17,18,19,20). The Labute approximate surface area is 120 Å². The summed E-state index contributed by atoms with van der Waals surface area (Å²) in [5.41, 5.74) is 1.09. The highest BCUT2D eigenvalue weighted by molar-refractivity contribution is 6.34. The first-order valence-corrected chi connectivity index (χ1v) is 6.39. The molecule has 1 aromatic carbocycles. The molecule has 0 aliphatic rings. The van der Waals surface area contributed by atoms with E-state index in [0.29, 0.717) is 22.1 Å². The molecule has 2 heterocycles. The van der Waals surface area contributed by atoms with Crippen LogP contribution in [-0.2, 0) is 0 Å². The molecule has 3 rings (SSSR count). The molecule has 1 N–H and O–H groups in total. The second-order valence-corrected chi connectivity index (χ2v) is 4.60. The van der Waals surface area contributed by atoms with E-state index in [1.54, 1.807) is 36.5 Å². The maximum atomic E-state index is 12.1. The van der Waals surface area contributed by atoms with Gasteiger partial charge in [-0.05, 0) is 30.3 Å². The van der Waals surface area contributed by atoms with Gasteiger partial charge in [0.2, 0.25) is 0 Å². The minimum absolute atomic E-state index is 0.254. The van der Waals surface area contributed by atoms with Crippen LogP contribution in [0.3, 0.4) is 0 Å². The Hall–Kier alpha value is -2.46. The van der Waals surface area contributed by atoms with Gasteiger partial charge in [-0.15, -0.1) is 0 Å². The number of amides is 1. The van der Waals surface area contributed by atoms with E-state index in [0.717, 1.165) is 5.39 Å². The summed E-state index contributed by atoms with van der Waals surface area (Å²) in [5.74, 6) is 0.0574. The van der Waals surface area contributed by atoms with Crippen LogP contribution in [0.25, 0.3) is 11.0 Å².